The summed E-state index contributed by atoms with van der Waals surface area (Å²) in [7, 11) is 0. The zero-order chi connectivity index (χ0) is 19.8. The molecule has 1 atom stereocenters. The second-order valence-corrected chi connectivity index (χ2v) is 7.33. The van der Waals surface area contributed by atoms with Crippen LogP contribution in [-0.2, 0) is 4.74 Å². The first-order valence-corrected chi connectivity index (χ1v) is 9.81. The van der Waals surface area contributed by atoms with Gasteiger partial charge in [-0.3, -0.25) is 14.8 Å². The van der Waals surface area contributed by atoms with Crippen LogP contribution in [0.4, 0.5) is 0 Å². The van der Waals surface area contributed by atoms with Gasteiger partial charge >= 0.3 is 0 Å². The van der Waals surface area contributed by atoms with Crippen molar-refractivity contribution in [2.45, 2.75) is 32.4 Å². The molecule has 1 aliphatic heterocycles. The third kappa shape index (κ3) is 3.34. The number of hydrogen-bond donors (Lipinski definition) is 1. The van der Waals surface area contributed by atoms with Crippen LogP contribution in [0.2, 0.25) is 0 Å². The zero-order valence-corrected chi connectivity index (χ0v) is 16.1. The van der Waals surface area contributed by atoms with Gasteiger partial charge in [0.15, 0.2) is 6.23 Å². The summed E-state index contributed by atoms with van der Waals surface area (Å²) in [4.78, 5) is 23.3. The number of aromatic nitrogens is 5. The molecule has 0 aromatic carbocycles. The molecule has 0 radical (unpaired) electrons. The van der Waals surface area contributed by atoms with Crippen molar-refractivity contribution in [3.63, 3.8) is 0 Å². The van der Waals surface area contributed by atoms with Crippen molar-refractivity contribution < 1.29 is 4.74 Å². The average molecular weight is 387 g/mol. The van der Waals surface area contributed by atoms with Gasteiger partial charge in [-0.1, -0.05) is 0 Å². The molecule has 1 aliphatic rings. The van der Waals surface area contributed by atoms with Crippen molar-refractivity contribution >= 4 is 10.9 Å². The van der Waals surface area contributed by atoms with Crippen LogP contribution in [0.25, 0.3) is 33.4 Å². The number of nitrogens with zero attached hydrogens (tertiary/aromatic N) is 4. The zero-order valence-electron chi connectivity index (χ0n) is 16.1. The number of nitrogens with one attached hydrogen (secondary N) is 1. The predicted molar refractivity (Wildman–Crippen MR) is 110 cm³/mol. The minimum absolute atomic E-state index is 0.0878. The summed E-state index contributed by atoms with van der Waals surface area (Å²) in [6.07, 6.45) is 8.30. The van der Waals surface area contributed by atoms with Crippen LogP contribution < -0.4 is 5.56 Å². The van der Waals surface area contributed by atoms with E-state index in [0.717, 1.165) is 65.0 Å². The minimum Gasteiger partial charge on any atom is -0.356 e. The Bertz CT molecular complexity index is 1240. The lowest BCUT2D eigenvalue weighted by molar-refractivity contribution is -0.0365. The molecule has 4 aromatic rings. The molecule has 0 amide bonds. The first-order chi connectivity index (χ1) is 14.2. The normalized spacial score (nSPS) is 16.9. The van der Waals surface area contributed by atoms with E-state index in [1.807, 2.05) is 42.1 Å². The molecule has 0 spiro atoms. The molecule has 0 saturated carbocycles. The lowest BCUT2D eigenvalue weighted by Gasteiger charge is -2.23. The Balaban J connectivity index is 1.72. The molecule has 0 bridgehead atoms. The number of pyridine rings is 3. The monoisotopic (exact) mass is 387 g/mol. The number of aryl methyl sites for hydroxylation is 1. The molecule has 7 nitrogen and oxygen atoms in total. The number of aromatic amines is 1. The van der Waals surface area contributed by atoms with Crippen LogP contribution in [0.1, 0.15) is 31.2 Å². The van der Waals surface area contributed by atoms with Crippen LogP contribution >= 0.6 is 0 Å². The van der Waals surface area contributed by atoms with Crippen LogP contribution in [0, 0.1) is 6.92 Å². The molecule has 1 N–H and O–H groups in total. The third-order valence-corrected chi connectivity index (χ3v) is 5.26. The van der Waals surface area contributed by atoms with Crippen molar-refractivity contribution in [3.05, 3.63) is 65.0 Å². The lowest BCUT2D eigenvalue weighted by Crippen LogP contribution is -2.19. The van der Waals surface area contributed by atoms with E-state index in [2.05, 4.69) is 15.0 Å². The Morgan fingerprint density at radius 2 is 2.07 bits per heavy atom. The summed E-state index contributed by atoms with van der Waals surface area (Å²) in [6, 6.07) is 9.40. The van der Waals surface area contributed by atoms with E-state index in [-0.39, 0.29) is 11.8 Å². The molecule has 1 unspecified atom stereocenters. The van der Waals surface area contributed by atoms with Crippen molar-refractivity contribution in [3.8, 4) is 22.5 Å². The van der Waals surface area contributed by atoms with E-state index < -0.39 is 0 Å². The maximum Gasteiger partial charge on any atom is 0.248 e. The summed E-state index contributed by atoms with van der Waals surface area (Å²) >= 11 is 0. The number of hydrogen-bond acceptors (Lipinski definition) is 5. The second-order valence-electron chi connectivity index (χ2n) is 7.33. The Labute approximate surface area is 167 Å². The fourth-order valence-corrected chi connectivity index (χ4v) is 3.84. The smallest absolute Gasteiger partial charge is 0.248 e. The molecular weight excluding hydrogens is 366 g/mol. The van der Waals surface area contributed by atoms with E-state index in [1.54, 1.807) is 18.5 Å². The predicted octanol–water partition coefficient (Wildman–Crippen LogP) is 3.86. The molecular formula is C22H21N5O2. The topological polar surface area (TPSA) is 85.7 Å². The quantitative estimate of drug-likeness (QED) is 0.577. The maximum atomic E-state index is 11.7. The molecule has 4 aromatic heterocycles. The Hall–Kier alpha value is -3.32. The van der Waals surface area contributed by atoms with Gasteiger partial charge < -0.3 is 9.72 Å². The van der Waals surface area contributed by atoms with Gasteiger partial charge in [0.05, 0.1) is 17.4 Å². The highest BCUT2D eigenvalue weighted by Crippen LogP contribution is 2.34. The van der Waals surface area contributed by atoms with Crippen LogP contribution in [-0.4, -0.2) is 31.3 Å². The van der Waals surface area contributed by atoms with Gasteiger partial charge in [0.1, 0.15) is 5.69 Å². The second kappa shape index (κ2) is 7.25. The first-order valence-electron chi connectivity index (χ1n) is 9.81. The van der Waals surface area contributed by atoms with Gasteiger partial charge in [-0.15, -0.1) is 0 Å². The molecule has 5 heterocycles. The molecule has 0 aliphatic carbocycles. The van der Waals surface area contributed by atoms with Crippen LogP contribution in [0.15, 0.2) is 53.7 Å². The molecule has 5 rings (SSSR count). The molecule has 1 saturated heterocycles. The van der Waals surface area contributed by atoms with E-state index >= 15 is 0 Å². The summed E-state index contributed by atoms with van der Waals surface area (Å²) in [5.74, 6) is 0. The Morgan fingerprint density at radius 3 is 2.86 bits per heavy atom. The largest absolute Gasteiger partial charge is 0.356 e. The van der Waals surface area contributed by atoms with Crippen molar-refractivity contribution in [1.29, 1.82) is 0 Å². The van der Waals surface area contributed by atoms with Crippen LogP contribution in [0.5, 0.6) is 0 Å². The van der Waals surface area contributed by atoms with Crippen LogP contribution in [0.3, 0.4) is 0 Å². The van der Waals surface area contributed by atoms with E-state index in [9.17, 15) is 4.79 Å². The SMILES string of the molecule is Cc1cc(-c2nn(C3CCCCO3)c3cnc(-c4cc[nH]c(=O)c4)cc23)ccn1. The van der Waals surface area contributed by atoms with Crippen molar-refractivity contribution in [1.82, 2.24) is 24.7 Å². The average Bonchev–Trinajstić information content (AvgIpc) is 3.13. The van der Waals surface area contributed by atoms with Crippen molar-refractivity contribution in [2.24, 2.45) is 0 Å². The number of fused-ring (bicyclic) bond motifs is 1. The summed E-state index contributed by atoms with van der Waals surface area (Å²) in [5, 5.41) is 5.91. The highest BCUT2D eigenvalue weighted by molar-refractivity contribution is 5.95. The van der Waals surface area contributed by atoms with Gasteiger partial charge in [-0.05, 0) is 50.5 Å². The Kier molecular flexibility index (Phi) is 4.44. The highest BCUT2D eigenvalue weighted by Gasteiger charge is 2.22. The Morgan fingerprint density at radius 1 is 1.14 bits per heavy atom. The first kappa shape index (κ1) is 17.8. The highest BCUT2D eigenvalue weighted by atomic mass is 16.5. The summed E-state index contributed by atoms with van der Waals surface area (Å²) < 4.78 is 7.94. The number of ether oxygens (including phenoxy) is 1. The van der Waals surface area contributed by atoms with Gasteiger partial charge in [-0.2, -0.15) is 5.10 Å². The number of H-pyrrole nitrogens is 1. The van der Waals surface area contributed by atoms with E-state index in [1.165, 1.54) is 0 Å². The fourth-order valence-electron chi connectivity index (χ4n) is 3.84. The van der Waals surface area contributed by atoms with Crippen molar-refractivity contribution in [2.75, 3.05) is 6.61 Å². The van der Waals surface area contributed by atoms with Gasteiger partial charge in [-0.25, -0.2) is 4.68 Å². The fraction of sp³-hybridized carbons (Fsp3) is 0.273. The minimum atomic E-state index is -0.152. The van der Waals surface area contributed by atoms with E-state index in [0.29, 0.717) is 0 Å². The molecule has 7 heteroatoms. The number of rotatable bonds is 3. The van der Waals surface area contributed by atoms with Gasteiger partial charge in [0.25, 0.3) is 0 Å². The van der Waals surface area contributed by atoms with E-state index in [4.69, 9.17) is 9.84 Å². The molecule has 29 heavy (non-hydrogen) atoms. The lowest BCUT2D eigenvalue weighted by atomic mass is 10.1. The van der Waals surface area contributed by atoms with Gasteiger partial charge in [0.2, 0.25) is 5.56 Å². The summed E-state index contributed by atoms with van der Waals surface area (Å²) in [6.45, 7) is 2.71. The molecule has 1 fully saturated rings. The third-order valence-electron chi connectivity index (χ3n) is 5.26. The maximum absolute atomic E-state index is 11.7. The standard InChI is InChI=1S/C22H21N5O2/c1-14-10-16(6-7-23-14)22-17-12-18(15-5-8-24-20(28)11-15)25-13-19(17)27(26-22)21-4-2-3-9-29-21/h5-8,10-13,21H,2-4,9H2,1H3,(H,24,28). The summed E-state index contributed by atoms with van der Waals surface area (Å²) in [5.41, 5.74) is 5.08. The van der Waals surface area contributed by atoms with Gasteiger partial charge in [0, 0.05) is 47.3 Å². The molecule has 146 valence electrons.